The van der Waals surface area contributed by atoms with Gasteiger partial charge in [0.25, 0.3) is 0 Å². The van der Waals surface area contributed by atoms with Gasteiger partial charge in [-0.1, -0.05) is 12.1 Å². The molecule has 0 radical (unpaired) electrons. The minimum atomic E-state index is 0.271. The van der Waals surface area contributed by atoms with Crippen molar-refractivity contribution in [3.63, 3.8) is 0 Å². The van der Waals surface area contributed by atoms with Gasteiger partial charge in [-0.15, -0.1) is 0 Å². The second kappa shape index (κ2) is 6.89. The van der Waals surface area contributed by atoms with Crippen molar-refractivity contribution in [3.05, 3.63) is 30.1 Å². The summed E-state index contributed by atoms with van der Waals surface area (Å²) in [6.45, 7) is 2.84. The summed E-state index contributed by atoms with van der Waals surface area (Å²) in [4.78, 5) is 6.86. The SMILES string of the molecule is CNCc1nc(-c2ccccc2OC2CCN(C)CC2)n[nH]1. The summed E-state index contributed by atoms with van der Waals surface area (Å²) < 4.78 is 6.22. The Labute approximate surface area is 130 Å². The average Bonchev–Trinajstić information content (AvgIpc) is 2.99. The third-order valence-corrected chi connectivity index (χ3v) is 3.96. The molecule has 0 bridgehead atoms. The molecule has 1 saturated heterocycles. The summed E-state index contributed by atoms with van der Waals surface area (Å²) >= 11 is 0. The van der Waals surface area contributed by atoms with E-state index in [0.717, 1.165) is 43.1 Å². The second-order valence-electron chi connectivity index (χ2n) is 5.75. The molecule has 2 heterocycles. The number of likely N-dealkylation sites (tertiary alicyclic amines) is 1. The summed E-state index contributed by atoms with van der Waals surface area (Å²) in [6.07, 6.45) is 2.39. The fourth-order valence-electron chi connectivity index (χ4n) is 2.70. The van der Waals surface area contributed by atoms with Crippen LogP contribution in [0.3, 0.4) is 0 Å². The minimum absolute atomic E-state index is 0.271. The Kier molecular flexibility index (Phi) is 4.70. The number of H-pyrrole nitrogens is 1. The molecule has 1 aliphatic rings. The number of ether oxygens (including phenoxy) is 1. The van der Waals surface area contributed by atoms with Gasteiger partial charge in [-0.3, -0.25) is 5.10 Å². The molecule has 1 aliphatic heterocycles. The van der Waals surface area contributed by atoms with Gasteiger partial charge in [-0.05, 0) is 39.1 Å². The Morgan fingerprint density at radius 3 is 2.86 bits per heavy atom. The summed E-state index contributed by atoms with van der Waals surface area (Å²) in [6, 6.07) is 8.00. The molecule has 1 fully saturated rings. The Morgan fingerprint density at radius 2 is 2.09 bits per heavy atom. The molecule has 3 rings (SSSR count). The highest BCUT2D eigenvalue weighted by atomic mass is 16.5. The van der Waals surface area contributed by atoms with Gasteiger partial charge >= 0.3 is 0 Å². The molecule has 0 amide bonds. The van der Waals surface area contributed by atoms with E-state index in [1.54, 1.807) is 0 Å². The molecule has 6 heteroatoms. The summed E-state index contributed by atoms with van der Waals surface area (Å²) in [7, 11) is 4.04. The topological polar surface area (TPSA) is 66.1 Å². The van der Waals surface area contributed by atoms with Crippen LogP contribution in [0, 0.1) is 0 Å². The zero-order valence-electron chi connectivity index (χ0n) is 13.2. The maximum atomic E-state index is 6.22. The summed E-state index contributed by atoms with van der Waals surface area (Å²) in [5, 5.41) is 10.3. The first kappa shape index (κ1) is 15.0. The van der Waals surface area contributed by atoms with Crippen molar-refractivity contribution in [1.29, 1.82) is 0 Å². The molecule has 2 N–H and O–H groups in total. The first-order chi connectivity index (χ1) is 10.8. The normalized spacial score (nSPS) is 16.8. The van der Waals surface area contributed by atoms with Crippen molar-refractivity contribution in [1.82, 2.24) is 25.4 Å². The van der Waals surface area contributed by atoms with Crippen molar-refractivity contribution in [2.45, 2.75) is 25.5 Å². The van der Waals surface area contributed by atoms with E-state index >= 15 is 0 Å². The van der Waals surface area contributed by atoms with E-state index in [4.69, 9.17) is 4.74 Å². The number of nitrogens with zero attached hydrogens (tertiary/aromatic N) is 3. The monoisotopic (exact) mass is 301 g/mol. The quantitative estimate of drug-likeness (QED) is 0.879. The number of nitrogens with one attached hydrogen (secondary N) is 2. The molecule has 1 aromatic carbocycles. The van der Waals surface area contributed by atoms with Gasteiger partial charge in [0.05, 0.1) is 12.1 Å². The number of hydrogen-bond acceptors (Lipinski definition) is 5. The van der Waals surface area contributed by atoms with Crippen LogP contribution in [0.25, 0.3) is 11.4 Å². The Balaban J connectivity index is 1.77. The van der Waals surface area contributed by atoms with Gasteiger partial charge in [0.15, 0.2) is 5.82 Å². The predicted molar refractivity (Wildman–Crippen MR) is 85.7 cm³/mol. The lowest BCUT2D eigenvalue weighted by Crippen LogP contribution is -2.35. The number of para-hydroxylation sites is 1. The third-order valence-electron chi connectivity index (χ3n) is 3.96. The van der Waals surface area contributed by atoms with Crippen LogP contribution in [0.5, 0.6) is 5.75 Å². The van der Waals surface area contributed by atoms with Crippen LogP contribution in [0.2, 0.25) is 0 Å². The molecule has 0 aliphatic carbocycles. The molecule has 0 atom stereocenters. The Hall–Kier alpha value is -1.92. The maximum absolute atomic E-state index is 6.22. The van der Waals surface area contributed by atoms with Crippen LogP contribution in [0.15, 0.2) is 24.3 Å². The van der Waals surface area contributed by atoms with Gasteiger partial charge in [-0.25, -0.2) is 4.98 Å². The van der Waals surface area contributed by atoms with E-state index in [0.29, 0.717) is 12.4 Å². The fraction of sp³-hybridized carbons (Fsp3) is 0.500. The third kappa shape index (κ3) is 3.45. The molecule has 0 spiro atoms. The lowest BCUT2D eigenvalue weighted by atomic mass is 10.1. The van der Waals surface area contributed by atoms with E-state index in [9.17, 15) is 0 Å². The van der Waals surface area contributed by atoms with E-state index in [1.165, 1.54) is 0 Å². The number of rotatable bonds is 5. The Bertz CT molecular complexity index is 604. The first-order valence-electron chi connectivity index (χ1n) is 7.76. The van der Waals surface area contributed by atoms with Crippen LogP contribution >= 0.6 is 0 Å². The zero-order valence-corrected chi connectivity index (χ0v) is 13.2. The van der Waals surface area contributed by atoms with E-state index in [1.807, 2.05) is 31.3 Å². The predicted octanol–water partition coefficient (Wildman–Crippen LogP) is 1.66. The number of aromatic nitrogens is 3. The molecule has 6 nitrogen and oxygen atoms in total. The highest BCUT2D eigenvalue weighted by Gasteiger charge is 2.20. The highest BCUT2D eigenvalue weighted by molar-refractivity contribution is 5.63. The Morgan fingerprint density at radius 1 is 1.32 bits per heavy atom. The highest BCUT2D eigenvalue weighted by Crippen LogP contribution is 2.29. The number of piperidine rings is 1. The van der Waals surface area contributed by atoms with Crippen LogP contribution in [-0.2, 0) is 6.54 Å². The molecule has 118 valence electrons. The van der Waals surface area contributed by atoms with Crippen LogP contribution in [0.1, 0.15) is 18.7 Å². The van der Waals surface area contributed by atoms with Crippen LogP contribution in [0.4, 0.5) is 0 Å². The number of hydrogen-bond donors (Lipinski definition) is 2. The maximum Gasteiger partial charge on any atom is 0.184 e. The van der Waals surface area contributed by atoms with Gasteiger partial charge in [0, 0.05) is 13.1 Å². The molecule has 2 aromatic rings. The van der Waals surface area contributed by atoms with E-state index in [-0.39, 0.29) is 6.10 Å². The molecular weight excluding hydrogens is 278 g/mol. The lowest BCUT2D eigenvalue weighted by Gasteiger charge is -2.29. The van der Waals surface area contributed by atoms with Crippen molar-refractivity contribution in [2.75, 3.05) is 27.2 Å². The first-order valence-corrected chi connectivity index (χ1v) is 7.76. The molecule has 0 unspecified atom stereocenters. The molecular formula is C16H23N5O. The average molecular weight is 301 g/mol. The van der Waals surface area contributed by atoms with E-state index < -0.39 is 0 Å². The minimum Gasteiger partial charge on any atom is -0.490 e. The van der Waals surface area contributed by atoms with Gasteiger partial charge in [-0.2, -0.15) is 5.10 Å². The number of benzene rings is 1. The van der Waals surface area contributed by atoms with E-state index in [2.05, 4.69) is 32.4 Å². The lowest BCUT2D eigenvalue weighted by molar-refractivity contribution is 0.115. The van der Waals surface area contributed by atoms with Crippen LogP contribution < -0.4 is 10.1 Å². The van der Waals surface area contributed by atoms with Crippen molar-refractivity contribution in [3.8, 4) is 17.1 Å². The fourth-order valence-corrected chi connectivity index (χ4v) is 2.70. The van der Waals surface area contributed by atoms with Crippen molar-refractivity contribution in [2.24, 2.45) is 0 Å². The largest absolute Gasteiger partial charge is 0.490 e. The smallest absolute Gasteiger partial charge is 0.184 e. The van der Waals surface area contributed by atoms with Crippen LogP contribution in [-0.4, -0.2) is 53.4 Å². The zero-order chi connectivity index (χ0) is 15.4. The van der Waals surface area contributed by atoms with Gasteiger partial charge in [0.2, 0.25) is 0 Å². The van der Waals surface area contributed by atoms with Crippen molar-refractivity contribution < 1.29 is 4.74 Å². The second-order valence-corrected chi connectivity index (χ2v) is 5.75. The van der Waals surface area contributed by atoms with Crippen molar-refractivity contribution >= 4 is 0 Å². The summed E-state index contributed by atoms with van der Waals surface area (Å²) in [5.41, 5.74) is 0.944. The molecule has 1 aromatic heterocycles. The standard InChI is InChI=1S/C16H23N5O/c1-17-11-15-18-16(20-19-15)13-5-3-4-6-14(13)22-12-7-9-21(2)10-8-12/h3-6,12,17H,7-11H2,1-2H3,(H,18,19,20). The molecule has 0 saturated carbocycles. The summed E-state index contributed by atoms with van der Waals surface area (Å²) in [5.74, 6) is 2.38. The van der Waals surface area contributed by atoms with Gasteiger partial charge in [0.1, 0.15) is 17.7 Å². The molecule has 22 heavy (non-hydrogen) atoms. The number of aromatic amines is 1. The van der Waals surface area contributed by atoms with Gasteiger partial charge < -0.3 is 15.0 Å².